The van der Waals surface area contributed by atoms with Gasteiger partial charge < -0.3 is 4.74 Å². The van der Waals surface area contributed by atoms with Crippen molar-refractivity contribution in [2.24, 2.45) is 0 Å². The molecule has 74 valence electrons. The normalized spacial score (nSPS) is 9.93. The summed E-state index contributed by atoms with van der Waals surface area (Å²) >= 11 is 0. The van der Waals surface area contributed by atoms with Gasteiger partial charge in [-0.3, -0.25) is 4.98 Å². The van der Waals surface area contributed by atoms with Gasteiger partial charge in [0, 0.05) is 6.20 Å². The summed E-state index contributed by atoms with van der Waals surface area (Å²) in [7, 11) is 0. The van der Waals surface area contributed by atoms with E-state index in [-0.39, 0.29) is 0 Å². The molecule has 0 bridgehead atoms. The number of aromatic nitrogens is 1. The average molecular weight is 197 g/mol. The fourth-order valence-corrected chi connectivity index (χ4v) is 1.25. The molecule has 15 heavy (non-hydrogen) atoms. The van der Waals surface area contributed by atoms with E-state index in [0.717, 1.165) is 11.4 Å². The number of hydrogen-bond acceptors (Lipinski definition) is 2. The quantitative estimate of drug-likeness (QED) is 0.754. The van der Waals surface area contributed by atoms with Gasteiger partial charge in [0.25, 0.3) is 0 Å². The summed E-state index contributed by atoms with van der Waals surface area (Å²) in [5.41, 5.74) is 1.61. The van der Waals surface area contributed by atoms with Crippen LogP contribution in [0.3, 0.4) is 0 Å². The summed E-state index contributed by atoms with van der Waals surface area (Å²) in [4.78, 5) is 4.16. The molecule has 0 amide bonds. The van der Waals surface area contributed by atoms with Crippen molar-refractivity contribution in [1.29, 1.82) is 0 Å². The molecule has 0 saturated carbocycles. The number of hydrogen-bond donors (Lipinski definition) is 0. The minimum absolute atomic E-state index is 0.463. The molecule has 2 rings (SSSR count). The standard InChI is InChI=1S/C13H11NO/c1-11-5-4-7-13(9-11)15-10-12-6-2-3-8-14-12/h1-9H,10H2. The van der Waals surface area contributed by atoms with Gasteiger partial charge in [-0.15, -0.1) is 0 Å². The van der Waals surface area contributed by atoms with E-state index in [1.165, 1.54) is 0 Å². The lowest BCUT2D eigenvalue weighted by Crippen LogP contribution is -1.97. The van der Waals surface area contributed by atoms with Crippen molar-refractivity contribution in [3.8, 4) is 5.75 Å². The van der Waals surface area contributed by atoms with Crippen molar-refractivity contribution in [3.05, 3.63) is 66.8 Å². The lowest BCUT2D eigenvalue weighted by molar-refractivity contribution is 0.301. The van der Waals surface area contributed by atoms with Crippen LogP contribution < -0.4 is 4.74 Å². The third kappa shape index (κ3) is 2.81. The third-order valence-electron chi connectivity index (χ3n) is 1.97. The van der Waals surface area contributed by atoms with Gasteiger partial charge in [0.1, 0.15) is 12.4 Å². The molecule has 2 nitrogen and oxygen atoms in total. The van der Waals surface area contributed by atoms with Gasteiger partial charge >= 0.3 is 0 Å². The monoisotopic (exact) mass is 197 g/mol. The minimum Gasteiger partial charge on any atom is -0.487 e. The predicted molar refractivity (Wildman–Crippen MR) is 58.4 cm³/mol. The molecular weight excluding hydrogens is 186 g/mol. The molecule has 0 aliphatic rings. The Morgan fingerprint density at radius 1 is 1.13 bits per heavy atom. The molecule has 2 radical (unpaired) electrons. The van der Waals surface area contributed by atoms with Gasteiger partial charge in [-0.25, -0.2) is 0 Å². The Kier molecular flexibility index (Phi) is 2.98. The molecule has 0 aliphatic heterocycles. The second-order valence-corrected chi connectivity index (χ2v) is 3.18. The van der Waals surface area contributed by atoms with Crippen LogP contribution in [0.15, 0.2) is 48.7 Å². The predicted octanol–water partition coefficient (Wildman–Crippen LogP) is 2.72. The molecule has 1 aromatic carbocycles. The van der Waals surface area contributed by atoms with Crippen LogP contribution in [0, 0.1) is 6.92 Å². The van der Waals surface area contributed by atoms with Crippen molar-refractivity contribution in [1.82, 2.24) is 4.98 Å². The van der Waals surface area contributed by atoms with E-state index >= 15 is 0 Å². The molecular formula is C13H11NO. The van der Waals surface area contributed by atoms with Crippen molar-refractivity contribution in [2.45, 2.75) is 6.61 Å². The molecule has 0 saturated heterocycles. The van der Waals surface area contributed by atoms with Gasteiger partial charge in [0.05, 0.1) is 5.69 Å². The smallest absolute Gasteiger partial charge is 0.130 e. The Morgan fingerprint density at radius 3 is 2.80 bits per heavy atom. The molecule has 0 atom stereocenters. The number of benzene rings is 1. The van der Waals surface area contributed by atoms with Crippen LogP contribution >= 0.6 is 0 Å². The molecule has 1 aromatic heterocycles. The van der Waals surface area contributed by atoms with Crippen molar-refractivity contribution >= 4 is 0 Å². The van der Waals surface area contributed by atoms with E-state index < -0.39 is 0 Å². The highest BCUT2D eigenvalue weighted by Gasteiger charge is 1.96. The Labute approximate surface area is 89.6 Å². The average Bonchev–Trinajstić information content (AvgIpc) is 2.28. The molecule has 0 fully saturated rings. The lowest BCUT2D eigenvalue weighted by atomic mass is 10.2. The first-order chi connectivity index (χ1) is 7.34. The van der Waals surface area contributed by atoms with Crippen LogP contribution in [-0.4, -0.2) is 4.98 Å². The van der Waals surface area contributed by atoms with Gasteiger partial charge in [0.15, 0.2) is 0 Å². The van der Waals surface area contributed by atoms with Crippen LogP contribution in [0.5, 0.6) is 5.75 Å². The van der Waals surface area contributed by atoms with Crippen LogP contribution in [0.4, 0.5) is 0 Å². The minimum atomic E-state index is 0.463. The summed E-state index contributed by atoms with van der Waals surface area (Å²) in [6.07, 6.45) is 1.75. The van der Waals surface area contributed by atoms with Crippen molar-refractivity contribution in [2.75, 3.05) is 0 Å². The SMILES string of the molecule is [CH]c1cccc(OCc2ccccn2)c1. The molecule has 2 heteroatoms. The first-order valence-corrected chi connectivity index (χ1v) is 4.73. The molecule has 0 N–H and O–H groups in total. The molecule has 0 aliphatic carbocycles. The van der Waals surface area contributed by atoms with E-state index in [9.17, 15) is 0 Å². The summed E-state index contributed by atoms with van der Waals surface area (Å²) in [5, 5.41) is 0. The molecule has 2 aromatic rings. The first kappa shape index (κ1) is 9.71. The Morgan fingerprint density at radius 2 is 2.07 bits per heavy atom. The van der Waals surface area contributed by atoms with Crippen LogP contribution in [0.25, 0.3) is 0 Å². The highest BCUT2D eigenvalue weighted by atomic mass is 16.5. The second kappa shape index (κ2) is 4.60. The Balaban J connectivity index is 1.99. The second-order valence-electron chi connectivity index (χ2n) is 3.18. The van der Waals surface area contributed by atoms with E-state index in [4.69, 9.17) is 11.7 Å². The fraction of sp³-hybridized carbons (Fsp3) is 0.0769. The zero-order valence-corrected chi connectivity index (χ0v) is 8.26. The summed E-state index contributed by atoms with van der Waals surface area (Å²) in [6, 6.07) is 13.1. The van der Waals surface area contributed by atoms with Gasteiger partial charge in [-0.2, -0.15) is 0 Å². The van der Waals surface area contributed by atoms with E-state index in [1.54, 1.807) is 12.3 Å². The Hall–Kier alpha value is -1.83. The molecule has 0 spiro atoms. The Bertz CT molecular complexity index is 426. The van der Waals surface area contributed by atoms with Crippen LogP contribution in [0.2, 0.25) is 0 Å². The maximum Gasteiger partial charge on any atom is 0.130 e. The van der Waals surface area contributed by atoms with E-state index in [0.29, 0.717) is 12.2 Å². The summed E-state index contributed by atoms with van der Waals surface area (Å²) in [5.74, 6) is 0.764. The maximum atomic E-state index is 5.63. The van der Waals surface area contributed by atoms with Crippen molar-refractivity contribution in [3.63, 3.8) is 0 Å². The van der Waals surface area contributed by atoms with E-state index in [1.807, 2.05) is 36.4 Å². The molecule has 0 unspecified atom stereocenters. The summed E-state index contributed by atoms with van der Waals surface area (Å²) < 4.78 is 5.53. The number of ether oxygens (including phenoxy) is 1. The number of nitrogens with zero attached hydrogens (tertiary/aromatic N) is 1. The molecule has 1 heterocycles. The van der Waals surface area contributed by atoms with Gasteiger partial charge in [-0.05, 0) is 36.8 Å². The third-order valence-corrected chi connectivity index (χ3v) is 1.97. The first-order valence-electron chi connectivity index (χ1n) is 4.73. The fourth-order valence-electron chi connectivity index (χ4n) is 1.25. The van der Waals surface area contributed by atoms with Crippen LogP contribution in [-0.2, 0) is 6.61 Å². The largest absolute Gasteiger partial charge is 0.487 e. The zero-order valence-electron chi connectivity index (χ0n) is 8.26. The summed E-state index contributed by atoms with van der Waals surface area (Å²) in [6.45, 7) is 6.09. The number of rotatable bonds is 3. The van der Waals surface area contributed by atoms with E-state index in [2.05, 4.69) is 4.98 Å². The lowest BCUT2D eigenvalue weighted by Gasteiger charge is -2.05. The van der Waals surface area contributed by atoms with Crippen molar-refractivity contribution < 1.29 is 4.74 Å². The topological polar surface area (TPSA) is 22.1 Å². The highest BCUT2D eigenvalue weighted by Crippen LogP contribution is 2.13. The maximum absolute atomic E-state index is 5.63. The zero-order chi connectivity index (χ0) is 10.5. The van der Waals surface area contributed by atoms with Gasteiger partial charge in [-0.1, -0.05) is 18.2 Å². The van der Waals surface area contributed by atoms with Crippen LogP contribution in [0.1, 0.15) is 11.3 Å². The number of pyridine rings is 1. The highest BCUT2D eigenvalue weighted by molar-refractivity contribution is 5.30. The van der Waals surface area contributed by atoms with Gasteiger partial charge in [0.2, 0.25) is 0 Å².